The van der Waals surface area contributed by atoms with Crippen molar-refractivity contribution >= 4 is 16.1 Å². The predicted octanol–water partition coefficient (Wildman–Crippen LogP) is 5.29. The first-order valence-corrected chi connectivity index (χ1v) is 11.6. The van der Waals surface area contributed by atoms with Gasteiger partial charge in [-0.2, -0.15) is 8.42 Å². The van der Waals surface area contributed by atoms with E-state index >= 15 is 0 Å². The number of carbonyl (C=O) groups excluding carboxylic acids is 1. The molecule has 6 heteroatoms. The van der Waals surface area contributed by atoms with E-state index in [-0.39, 0.29) is 13.0 Å². The van der Waals surface area contributed by atoms with Gasteiger partial charge in [0.25, 0.3) is 10.1 Å². The van der Waals surface area contributed by atoms with Crippen molar-refractivity contribution in [1.82, 2.24) is 0 Å². The lowest BCUT2D eigenvalue weighted by Gasteiger charge is -2.13. The molecule has 1 unspecified atom stereocenters. The van der Waals surface area contributed by atoms with Crippen LogP contribution in [0, 0.1) is 0 Å². The molecule has 0 fully saturated rings. The predicted molar refractivity (Wildman–Crippen MR) is 102 cm³/mol. The molecular formula is C19H38O5S. The third-order valence-corrected chi connectivity index (χ3v) is 5.58. The second-order valence-electron chi connectivity index (χ2n) is 6.85. The summed E-state index contributed by atoms with van der Waals surface area (Å²) in [6.45, 7) is 4.54. The van der Waals surface area contributed by atoms with Crippen molar-refractivity contribution in [1.29, 1.82) is 0 Å². The lowest BCUT2D eigenvalue weighted by molar-refractivity contribution is -0.143. The smallest absolute Gasteiger partial charge is 0.326 e. The Morgan fingerprint density at radius 1 is 0.800 bits per heavy atom. The van der Waals surface area contributed by atoms with Gasteiger partial charge in [0.2, 0.25) is 0 Å². The number of unbranched alkanes of at least 4 members (excludes halogenated alkanes) is 11. The Morgan fingerprint density at radius 3 is 1.72 bits per heavy atom. The van der Waals surface area contributed by atoms with Crippen LogP contribution in [0.1, 0.15) is 104 Å². The number of hydrogen-bond acceptors (Lipinski definition) is 4. The van der Waals surface area contributed by atoms with E-state index in [2.05, 4.69) is 13.8 Å². The molecule has 0 aromatic heterocycles. The Labute approximate surface area is 154 Å². The maximum absolute atomic E-state index is 12.0. The summed E-state index contributed by atoms with van der Waals surface area (Å²) in [5, 5.41) is -1.43. The van der Waals surface area contributed by atoms with Crippen molar-refractivity contribution in [3.05, 3.63) is 0 Å². The monoisotopic (exact) mass is 378 g/mol. The summed E-state index contributed by atoms with van der Waals surface area (Å²) in [7, 11) is -4.39. The van der Waals surface area contributed by atoms with Gasteiger partial charge in [-0.25, -0.2) is 0 Å². The third-order valence-electron chi connectivity index (χ3n) is 4.43. The normalized spacial score (nSPS) is 12.9. The van der Waals surface area contributed by atoms with Gasteiger partial charge in [-0.05, 0) is 12.8 Å². The molecule has 0 radical (unpaired) electrons. The zero-order chi connectivity index (χ0) is 19.0. The Balaban J connectivity index is 3.98. The molecule has 0 spiro atoms. The van der Waals surface area contributed by atoms with E-state index in [1.165, 1.54) is 25.7 Å². The van der Waals surface area contributed by atoms with Gasteiger partial charge in [0, 0.05) is 0 Å². The molecule has 0 saturated heterocycles. The molecule has 150 valence electrons. The first-order valence-electron chi connectivity index (χ1n) is 10.1. The van der Waals surface area contributed by atoms with Crippen LogP contribution in [0.2, 0.25) is 0 Å². The fraction of sp³-hybridized carbons (Fsp3) is 0.947. The van der Waals surface area contributed by atoms with Crippen molar-refractivity contribution in [2.45, 2.75) is 109 Å². The number of hydrogen-bond donors (Lipinski definition) is 1. The van der Waals surface area contributed by atoms with Crippen molar-refractivity contribution in [3.8, 4) is 0 Å². The Bertz CT molecular complexity index is 420. The summed E-state index contributed by atoms with van der Waals surface area (Å²) < 4.78 is 37.2. The van der Waals surface area contributed by atoms with E-state index in [1.807, 2.05) is 0 Å². The standard InChI is InChI=1S/C19H38O5S/c1-3-5-7-9-10-11-12-14-16-18(25(21,22)23)19(20)24-17-15-13-8-6-4-2/h18H,3-17H2,1-2H3,(H,21,22,23). The van der Waals surface area contributed by atoms with Gasteiger partial charge in [-0.15, -0.1) is 0 Å². The molecule has 0 aromatic rings. The Hall–Kier alpha value is -0.620. The molecule has 0 heterocycles. The van der Waals surface area contributed by atoms with Crippen LogP contribution < -0.4 is 0 Å². The molecule has 5 nitrogen and oxygen atoms in total. The quantitative estimate of drug-likeness (QED) is 0.211. The van der Waals surface area contributed by atoms with Crippen LogP contribution in [0.15, 0.2) is 0 Å². The van der Waals surface area contributed by atoms with Crippen LogP contribution in [0.3, 0.4) is 0 Å². The molecule has 1 N–H and O–H groups in total. The van der Waals surface area contributed by atoms with Gasteiger partial charge >= 0.3 is 5.97 Å². The topological polar surface area (TPSA) is 80.7 Å². The molecule has 1 atom stereocenters. The van der Waals surface area contributed by atoms with Crippen molar-refractivity contribution in [2.24, 2.45) is 0 Å². The zero-order valence-electron chi connectivity index (χ0n) is 16.2. The third kappa shape index (κ3) is 14.3. The summed E-state index contributed by atoms with van der Waals surface area (Å²) in [5.41, 5.74) is 0. The highest BCUT2D eigenvalue weighted by atomic mass is 32.2. The van der Waals surface area contributed by atoms with Crippen molar-refractivity contribution in [2.75, 3.05) is 6.61 Å². The SMILES string of the molecule is CCCCCCCCCCC(C(=O)OCCCCCCC)S(=O)(=O)O. The van der Waals surface area contributed by atoms with Crippen LogP contribution in [-0.2, 0) is 19.6 Å². The number of esters is 1. The average molecular weight is 379 g/mol. The second kappa shape index (κ2) is 15.6. The number of rotatable bonds is 17. The van der Waals surface area contributed by atoms with Gasteiger partial charge in [0.1, 0.15) is 0 Å². The van der Waals surface area contributed by atoms with Crippen LogP contribution in [0.4, 0.5) is 0 Å². The highest BCUT2D eigenvalue weighted by molar-refractivity contribution is 7.87. The maximum Gasteiger partial charge on any atom is 0.326 e. The molecule has 0 rings (SSSR count). The molecule has 0 aliphatic heterocycles. The van der Waals surface area contributed by atoms with Gasteiger partial charge < -0.3 is 4.74 Å². The first-order chi connectivity index (χ1) is 11.9. The highest BCUT2D eigenvalue weighted by Gasteiger charge is 2.31. The minimum absolute atomic E-state index is 0.141. The molecule has 0 bridgehead atoms. The van der Waals surface area contributed by atoms with Crippen LogP contribution >= 0.6 is 0 Å². The molecule has 0 saturated carbocycles. The summed E-state index contributed by atoms with van der Waals surface area (Å²) >= 11 is 0. The average Bonchev–Trinajstić information content (AvgIpc) is 2.55. The zero-order valence-corrected chi connectivity index (χ0v) is 17.0. The largest absolute Gasteiger partial charge is 0.465 e. The molecular weight excluding hydrogens is 340 g/mol. The fourth-order valence-corrected chi connectivity index (χ4v) is 3.60. The Kier molecular flexibility index (Phi) is 15.2. The van der Waals surface area contributed by atoms with Gasteiger partial charge in [0.15, 0.2) is 5.25 Å². The van der Waals surface area contributed by atoms with Gasteiger partial charge in [-0.3, -0.25) is 9.35 Å². The van der Waals surface area contributed by atoms with Crippen LogP contribution in [-0.4, -0.2) is 30.8 Å². The molecule has 0 aliphatic carbocycles. The maximum atomic E-state index is 12.0. The first kappa shape index (κ1) is 24.4. The van der Waals surface area contributed by atoms with Crippen LogP contribution in [0.25, 0.3) is 0 Å². The lowest BCUT2D eigenvalue weighted by atomic mass is 10.1. The molecule has 0 amide bonds. The molecule has 25 heavy (non-hydrogen) atoms. The lowest BCUT2D eigenvalue weighted by Crippen LogP contribution is -2.32. The summed E-state index contributed by atoms with van der Waals surface area (Å²) in [6, 6.07) is 0. The van der Waals surface area contributed by atoms with Crippen molar-refractivity contribution < 1.29 is 22.5 Å². The van der Waals surface area contributed by atoms with Gasteiger partial charge in [-0.1, -0.05) is 90.9 Å². The Morgan fingerprint density at radius 2 is 1.24 bits per heavy atom. The number of ether oxygens (including phenoxy) is 1. The van der Waals surface area contributed by atoms with E-state index in [0.717, 1.165) is 51.4 Å². The summed E-state index contributed by atoms with van der Waals surface area (Å²) in [6.07, 6.45) is 13.8. The van der Waals surface area contributed by atoms with E-state index in [4.69, 9.17) is 4.74 Å². The van der Waals surface area contributed by atoms with E-state index in [9.17, 15) is 17.8 Å². The highest BCUT2D eigenvalue weighted by Crippen LogP contribution is 2.15. The van der Waals surface area contributed by atoms with E-state index in [1.54, 1.807) is 0 Å². The second-order valence-corrected chi connectivity index (χ2v) is 8.45. The molecule has 0 aliphatic rings. The molecule has 0 aromatic carbocycles. The number of carbonyl (C=O) groups is 1. The minimum atomic E-state index is -4.39. The van der Waals surface area contributed by atoms with Gasteiger partial charge in [0.05, 0.1) is 6.61 Å². The van der Waals surface area contributed by atoms with Crippen molar-refractivity contribution in [3.63, 3.8) is 0 Å². The summed E-state index contributed by atoms with van der Waals surface area (Å²) in [5.74, 6) is -0.805. The summed E-state index contributed by atoms with van der Waals surface area (Å²) in [4.78, 5) is 12.0. The minimum Gasteiger partial charge on any atom is -0.465 e. The fourth-order valence-electron chi connectivity index (χ4n) is 2.82. The van der Waals surface area contributed by atoms with E-state index in [0.29, 0.717) is 6.42 Å². The van der Waals surface area contributed by atoms with Crippen LogP contribution in [0.5, 0.6) is 0 Å². The van der Waals surface area contributed by atoms with E-state index < -0.39 is 21.3 Å².